The van der Waals surface area contributed by atoms with E-state index in [1.165, 1.54) is 12.1 Å². The average molecular weight is 273 g/mol. The second kappa shape index (κ2) is 6.59. The molecule has 0 N–H and O–H groups in total. The number of halogens is 3. The van der Waals surface area contributed by atoms with Crippen molar-refractivity contribution in [3.8, 4) is 0 Å². The smallest absolute Gasteiger partial charge is 0.339 e. The Labute approximate surface area is 111 Å². The first kappa shape index (κ1) is 15.5. The maximum Gasteiger partial charge on any atom is 0.416 e. The van der Waals surface area contributed by atoms with Crippen LogP contribution in [0, 0.1) is 0 Å². The molecule has 0 spiro atoms. The Bertz CT molecular complexity index is 429. The Balaban J connectivity index is 2.92. The zero-order chi connectivity index (χ0) is 14.5. The highest BCUT2D eigenvalue weighted by Gasteiger charge is 2.31. The van der Waals surface area contributed by atoms with Crippen molar-refractivity contribution in [3.05, 3.63) is 35.4 Å². The van der Waals surface area contributed by atoms with Crippen LogP contribution in [0.4, 0.5) is 13.2 Å². The van der Waals surface area contributed by atoms with Gasteiger partial charge in [-0.25, -0.2) is 0 Å². The van der Waals surface area contributed by atoms with E-state index >= 15 is 0 Å². The van der Waals surface area contributed by atoms with Crippen LogP contribution in [-0.4, -0.2) is 23.9 Å². The molecule has 0 bridgehead atoms. The average Bonchev–Trinajstić information content (AvgIpc) is 2.38. The van der Waals surface area contributed by atoms with E-state index in [4.69, 9.17) is 0 Å². The molecule has 1 amide bonds. The third kappa shape index (κ3) is 4.26. The first-order valence-corrected chi connectivity index (χ1v) is 6.36. The van der Waals surface area contributed by atoms with Crippen LogP contribution in [0.25, 0.3) is 0 Å². The van der Waals surface area contributed by atoms with Gasteiger partial charge >= 0.3 is 6.18 Å². The molecule has 0 saturated carbocycles. The zero-order valence-electron chi connectivity index (χ0n) is 11.1. The minimum Gasteiger partial charge on any atom is -0.339 e. The van der Waals surface area contributed by atoms with Crippen LogP contribution < -0.4 is 0 Å². The van der Waals surface area contributed by atoms with Gasteiger partial charge in [0.2, 0.25) is 0 Å². The number of hydrogen-bond donors (Lipinski definition) is 0. The van der Waals surface area contributed by atoms with Gasteiger partial charge in [-0.15, -0.1) is 0 Å². The molecule has 106 valence electrons. The Kier molecular flexibility index (Phi) is 5.39. The first-order chi connectivity index (χ1) is 8.90. The number of benzene rings is 1. The molecule has 1 aromatic rings. The summed E-state index contributed by atoms with van der Waals surface area (Å²) in [6, 6.07) is 4.58. The number of nitrogens with zero attached hydrogens (tertiary/aromatic N) is 1. The van der Waals surface area contributed by atoms with Crippen LogP contribution >= 0.6 is 0 Å². The number of alkyl halides is 3. The van der Waals surface area contributed by atoms with Gasteiger partial charge in [0.15, 0.2) is 0 Å². The maximum atomic E-state index is 12.6. The van der Waals surface area contributed by atoms with Gasteiger partial charge in [0.05, 0.1) is 5.56 Å². The predicted octanol–water partition coefficient (Wildman–Crippen LogP) is 3.97. The molecular formula is C14H18F3NO. The molecule has 0 aromatic heterocycles. The van der Waals surface area contributed by atoms with Crippen LogP contribution in [0.2, 0.25) is 0 Å². The summed E-state index contributed by atoms with van der Waals surface area (Å²) in [6.45, 7) is 4.89. The van der Waals surface area contributed by atoms with Crippen molar-refractivity contribution in [2.45, 2.75) is 32.9 Å². The minimum absolute atomic E-state index is 0.0905. The summed E-state index contributed by atoms with van der Waals surface area (Å²) < 4.78 is 37.8. The van der Waals surface area contributed by atoms with E-state index < -0.39 is 11.7 Å². The van der Waals surface area contributed by atoms with E-state index in [0.29, 0.717) is 13.1 Å². The number of carbonyl (C=O) groups excluding carboxylic acids is 1. The largest absolute Gasteiger partial charge is 0.416 e. The fourth-order valence-corrected chi connectivity index (χ4v) is 1.76. The van der Waals surface area contributed by atoms with E-state index in [0.717, 1.165) is 25.0 Å². The van der Waals surface area contributed by atoms with E-state index in [-0.39, 0.29) is 11.5 Å². The molecule has 0 fully saturated rings. The standard InChI is InChI=1S/C14H18F3NO/c1-3-5-9-18(4-2)13(19)11-7-6-8-12(10-11)14(15,16)17/h6-8,10H,3-5,9H2,1-2H3. The van der Waals surface area contributed by atoms with E-state index in [1.54, 1.807) is 4.90 Å². The first-order valence-electron chi connectivity index (χ1n) is 6.36. The third-order valence-electron chi connectivity index (χ3n) is 2.89. The summed E-state index contributed by atoms with van der Waals surface area (Å²) in [5, 5.41) is 0. The van der Waals surface area contributed by atoms with E-state index in [9.17, 15) is 18.0 Å². The van der Waals surface area contributed by atoms with Crippen LogP contribution in [-0.2, 0) is 6.18 Å². The lowest BCUT2D eigenvalue weighted by atomic mass is 10.1. The number of hydrogen-bond acceptors (Lipinski definition) is 1. The zero-order valence-corrected chi connectivity index (χ0v) is 11.1. The maximum absolute atomic E-state index is 12.6. The number of carbonyl (C=O) groups is 1. The molecule has 0 saturated heterocycles. The molecule has 19 heavy (non-hydrogen) atoms. The SMILES string of the molecule is CCCCN(CC)C(=O)c1cccc(C(F)(F)F)c1. The van der Waals surface area contributed by atoms with E-state index in [1.807, 2.05) is 13.8 Å². The van der Waals surface area contributed by atoms with Crippen molar-refractivity contribution in [1.29, 1.82) is 0 Å². The topological polar surface area (TPSA) is 20.3 Å². The van der Waals surface area contributed by atoms with Crippen molar-refractivity contribution in [2.75, 3.05) is 13.1 Å². The third-order valence-corrected chi connectivity index (χ3v) is 2.89. The van der Waals surface area contributed by atoms with Gasteiger partial charge in [-0.3, -0.25) is 4.79 Å². The van der Waals surface area contributed by atoms with Crippen molar-refractivity contribution < 1.29 is 18.0 Å². The second-order valence-electron chi connectivity index (χ2n) is 4.32. The Morgan fingerprint density at radius 1 is 1.26 bits per heavy atom. The quantitative estimate of drug-likeness (QED) is 0.795. The molecule has 0 aliphatic rings. The molecule has 5 heteroatoms. The monoisotopic (exact) mass is 273 g/mol. The molecule has 0 radical (unpaired) electrons. The van der Waals surface area contributed by atoms with Gasteiger partial charge in [-0.1, -0.05) is 19.4 Å². The number of amides is 1. The summed E-state index contributed by atoms with van der Waals surface area (Å²) in [5.74, 6) is -0.345. The van der Waals surface area contributed by atoms with Gasteiger partial charge in [-0.05, 0) is 31.5 Å². The molecule has 0 unspecified atom stereocenters. The number of rotatable bonds is 5. The van der Waals surface area contributed by atoms with Crippen LogP contribution in [0.1, 0.15) is 42.6 Å². The van der Waals surface area contributed by atoms with Crippen molar-refractivity contribution in [3.63, 3.8) is 0 Å². The molecule has 0 heterocycles. The highest BCUT2D eigenvalue weighted by molar-refractivity contribution is 5.94. The van der Waals surface area contributed by atoms with Gasteiger partial charge in [0, 0.05) is 18.7 Å². The summed E-state index contributed by atoms with van der Waals surface area (Å²) in [6.07, 6.45) is -2.64. The fourth-order valence-electron chi connectivity index (χ4n) is 1.76. The Hall–Kier alpha value is -1.52. The highest BCUT2D eigenvalue weighted by Crippen LogP contribution is 2.29. The summed E-state index contributed by atoms with van der Waals surface area (Å²) >= 11 is 0. The minimum atomic E-state index is -4.42. The molecular weight excluding hydrogens is 255 g/mol. The molecule has 0 atom stereocenters. The predicted molar refractivity (Wildman–Crippen MR) is 67.9 cm³/mol. The van der Waals surface area contributed by atoms with Crippen LogP contribution in [0.15, 0.2) is 24.3 Å². The second-order valence-corrected chi connectivity index (χ2v) is 4.32. The lowest BCUT2D eigenvalue weighted by Gasteiger charge is -2.21. The van der Waals surface area contributed by atoms with Crippen molar-refractivity contribution >= 4 is 5.91 Å². The highest BCUT2D eigenvalue weighted by atomic mass is 19.4. The summed E-state index contributed by atoms with van der Waals surface area (Å²) in [4.78, 5) is 13.7. The lowest BCUT2D eigenvalue weighted by molar-refractivity contribution is -0.137. The van der Waals surface area contributed by atoms with Crippen LogP contribution in [0.3, 0.4) is 0 Å². The van der Waals surface area contributed by atoms with Gasteiger partial charge < -0.3 is 4.90 Å². The molecule has 1 aromatic carbocycles. The molecule has 2 nitrogen and oxygen atoms in total. The molecule has 0 aliphatic heterocycles. The van der Waals surface area contributed by atoms with Crippen molar-refractivity contribution in [2.24, 2.45) is 0 Å². The molecule has 0 aliphatic carbocycles. The van der Waals surface area contributed by atoms with Gasteiger partial charge in [0.1, 0.15) is 0 Å². The molecule has 1 rings (SSSR count). The normalized spacial score (nSPS) is 11.4. The fraction of sp³-hybridized carbons (Fsp3) is 0.500. The number of unbranched alkanes of at least 4 members (excludes halogenated alkanes) is 1. The van der Waals surface area contributed by atoms with Crippen molar-refractivity contribution in [1.82, 2.24) is 4.90 Å². The van der Waals surface area contributed by atoms with Gasteiger partial charge in [0.25, 0.3) is 5.91 Å². The Morgan fingerprint density at radius 3 is 2.47 bits per heavy atom. The lowest BCUT2D eigenvalue weighted by Crippen LogP contribution is -2.31. The van der Waals surface area contributed by atoms with Crippen LogP contribution in [0.5, 0.6) is 0 Å². The van der Waals surface area contributed by atoms with E-state index in [2.05, 4.69) is 0 Å². The summed E-state index contributed by atoms with van der Waals surface area (Å²) in [7, 11) is 0. The Morgan fingerprint density at radius 2 is 1.95 bits per heavy atom. The van der Waals surface area contributed by atoms with Gasteiger partial charge in [-0.2, -0.15) is 13.2 Å². The summed E-state index contributed by atoms with van der Waals surface area (Å²) in [5.41, 5.74) is -0.697.